The van der Waals surface area contributed by atoms with Gasteiger partial charge in [0.15, 0.2) is 11.6 Å². The van der Waals surface area contributed by atoms with Crippen molar-refractivity contribution in [1.29, 1.82) is 0 Å². The van der Waals surface area contributed by atoms with Crippen molar-refractivity contribution in [3.8, 4) is 5.75 Å². The van der Waals surface area contributed by atoms with E-state index in [2.05, 4.69) is 5.10 Å². The highest BCUT2D eigenvalue weighted by atomic mass is 19.1. The summed E-state index contributed by atoms with van der Waals surface area (Å²) in [7, 11) is 3.20. The standard InChI is InChI=1S/C14H17FN2O2/c1-9-6-12(17(2)16-9)13(18)8-10-4-5-14(19-3)11(15)7-10/h4-7,13,18H,8H2,1-3H3. The zero-order valence-electron chi connectivity index (χ0n) is 11.2. The number of hydrogen-bond donors (Lipinski definition) is 1. The molecule has 1 unspecified atom stereocenters. The molecule has 0 radical (unpaired) electrons. The van der Waals surface area contributed by atoms with Gasteiger partial charge in [0, 0.05) is 13.5 Å². The lowest BCUT2D eigenvalue weighted by molar-refractivity contribution is 0.168. The van der Waals surface area contributed by atoms with Crippen molar-refractivity contribution in [3.63, 3.8) is 0 Å². The second kappa shape index (κ2) is 5.40. The SMILES string of the molecule is COc1ccc(CC(O)c2cc(C)nn2C)cc1F. The molecule has 5 heteroatoms. The fourth-order valence-corrected chi connectivity index (χ4v) is 2.11. The summed E-state index contributed by atoms with van der Waals surface area (Å²) in [5.74, 6) is -0.219. The lowest BCUT2D eigenvalue weighted by Gasteiger charge is -2.11. The molecule has 1 aromatic heterocycles. The Kier molecular flexibility index (Phi) is 3.85. The van der Waals surface area contributed by atoms with E-state index in [-0.39, 0.29) is 5.75 Å². The lowest BCUT2D eigenvalue weighted by Crippen LogP contribution is -2.08. The Bertz CT molecular complexity index is 581. The summed E-state index contributed by atoms with van der Waals surface area (Å²) in [6.45, 7) is 1.86. The smallest absolute Gasteiger partial charge is 0.165 e. The van der Waals surface area contributed by atoms with Crippen LogP contribution < -0.4 is 4.74 Å². The first kappa shape index (κ1) is 13.5. The first-order chi connectivity index (χ1) is 9.01. The monoisotopic (exact) mass is 264 g/mol. The quantitative estimate of drug-likeness (QED) is 0.920. The van der Waals surface area contributed by atoms with E-state index in [1.807, 2.05) is 13.0 Å². The second-order valence-corrected chi connectivity index (χ2v) is 4.52. The molecule has 0 aliphatic carbocycles. The molecule has 1 heterocycles. The van der Waals surface area contributed by atoms with E-state index >= 15 is 0 Å². The molecule has 0 spiro atoms. The molecule has 0 aliphatic heterocycles. The average Bonchev–Trinajstić information content (AvgIpc) is 2.69. The molecule has 2 aromatic rings. The van der Waals surface area contributed by atoms with E-state index in [0.29, 0.717) is 17.7 Å². The average molecular weight is 264 g/mol. The predicted molar refractivity (Wildman–Crippen MR) is 69.6 cm³/mol. The van der Waals surface area contributed by atoms with Crippen LogP contribution in [0.1, 0.15) is 23.1 Å². The molecule has 1 aromatic carbocycles. The summed E-state index contributed by atoms with van der Waals surface area (Å²) >= 11 is 0. The number of benzene rings is 1. The topological polar surface area (TPSA) is 47.3 Å². The lowest BCUT2D eigenvalue weighted by atomic mass is 10.0. The van der Waals surface area contributed by atoms with Crippen molar-refractivity contribution in [2.75, 3.05) is 7.11 Å². The highest BCUT2D eigenvalue weighted by Gasteiger charge is 2.14. The van der Waals surface area contributed by atoms with E-state index in [0.717, 1.165) is 5.69 Å². The van der Waals surface area contributed by atoms with Crippen LogP contribution in [0, 0.1) is 12.7 Å². The van der Waals surface area contributed by atoms with Crippen molar-refractivity contribution < 1.29 is 14.2 Å². The number of hydrogen-bond acceptors (Lipinski definition) is 3. The van der Waals surface area contributed by atoms with Gasteiger partial charge in [-0.3, -0.25) is 4.68 Å². The molecular weight excluding hydrogens is 247 g/mol. The van der Waals surface area contributed by atoms with Crippen molar-refractivity contribution in [2.45, 2.75) is 19.4 Å². The second-order valence-electron chi connectivity index (χ2n) is 4.52. The first-order valence-corrected chi connectivity index (χ1v) is 6.02. The van der Waals surface area contributed by atoms with Gasteiger partial charge in [0.25, 0.3) is 0 Å². The third-order valence-corrected chi connectivity index (χ3v) is 3.02. The van der Waals surface area contributed by atoms with Gasteiger partial charge in [0.05, 0.1) is 24.6 Å². The van der Waals surface area contributed by atoms with Gasteiger partial charge in [-0.15, -0.1) is 0 Å². The summed E-state index contributed by atoms with van der Waals surface area (Å²) in [6, 6.07) is 6.51. The molecule has 4 nitrogen and oxygen atoms in total. The number of methoxy groups -OCH3 is 1. The summed E-state index contributed by atoms with van der Waals surface area (Å²) in [4.78, 5) is 0. The highest BCUT2D eigenvalue weighted by Crippen LogP contribution is 2.22. The third-order valence-electron chi connectivity index (χ3n) is 3.02. The van der Waals surface area contributed by atoms with Gasteiger partial charge in [-0.2, -0.15) is 5.10 Å². The van der Waals surface area contributed by atoms with Crippen LogP contribution in [0.2, 0.25) is 0 Å². The minimum atomic E-state index is -0.709. The Labute approximate surface area is 111 Å². The number of aliphatic hydroxyl groups is 1. The van der Waals surface area contributed by atoms with Crippen LogP contribution in [0.15, 0.2) is 24.3 Å². The number of nitrogens with zero attached hydrogens (tertiary/aromatic N) is 2. The summed E-state index contributed by atoms with van der Waals surface area (Å²) in [5.41, 5.74) is 2.27. The largest absolute Gasteiger partial charge is 0.494 e. The van der Waals surface area contributed by atoms with Gasteiger partial charge in [-0.25, -0.2) is 4.39 Å². The van der Waals surface area contributed by atoms with E-state index in [1.54, 1.807) is 23.9 Å². The first-order valence-electron chi connectivity index (χ1n) is 6.02. The Hall–Kier alpha value is -1.88. The maximum Gasteiger partial charge on any atom is 0.165 e. The van der Waals surface area contributed by atoms with E-state index in [4.69, 9.17) is 4.74 Å². The van der Waals surface area contributed by atoms with Gasteiger partial charge in [-0.05, 0) is 30.7 Å². The van der Waals surface area contributed by atoms with Crippen molar-refractivity contribution >= 4 is 0 Å². The molecule has 0 bridgehead atoms. The molecule has 1 atom stereocenters. The van der Waals surface area contributed by atoms with Crippen LogP contribution in [0.5, 0.6) is 5.75 Å². The zero-order valence-corrected chi connectivity index (χ0v) is 11.2. The number of aryl methyl sites for hydroxylation is 2. The van der Waals surface area contributed by atoms with Gasteiger partial charge in [0.1, 0.15) is 0 Å². The van der Waals surface area contributed by atoms with Crippen LogP contribution in [0.3, 0.4) is 0 Å². The fourth-order valence-electron chi connectivity index (χ4n) is 2.11. The molecule has 1 N–H and O–H groups in total. The fraction of sp³-hybridized carbons (Fsp3) is 0.357. The maximum atomic E-state index is 13.6. The van der Waals surface area contributed by atoms with Crippen LogP contribution in [0.25, 0.3) is 0 Å². The Morgan fingerprint density at radius 1 is 1.42 bits per heavy atom. The minimum absolute atomic E-state index is 0.203. The molecule has 19 heavy (non-hydrogen) atoms. The molecule has 0 fully saturated rings. The van der Waals surface area contributed by atoms with Gasteiger partial charge < -0.3 is 9.84 Å². The van der Waals surface area contributed by atoms with Gasteiger partial charge >= 0.3 is 0 Å². The summed E-state index contributed by atoms with van der Waals surface area (Å²) in [6.07, 6.45) is -0.376. The minimum Gasteiger partial charge on any atom is -0.494 e. The van der Waals surface area contributed by atoms with Crippen LogP contribution >= 0.6 is 0 Å². The maximum absolute atomic E-state index is 13.6. The number of aliphatic hydroxyl groups excluding tert-OH is 1. The molecule has 2 rings (SSSR count). The highest BCUT2D eigenvalue weighted by molar-refractivity contribution is 5.30. The normalized spacial score (nSPS) is 12.5. The number of rotatable bonds is 4. The molecule has 102 valence electrons. The zero-order chi connectivity index (χ0) is 14.0. The van der Waals surface area contributed by atoms with Crippen molar-refractivity contribution in [1.82, 2.24) is 9.78 Å². The van der Waals surface area contributed by atoms with Gasteiger partial charge in [-0.1, -0.05) is 6.07 Å². The Morgan fingerprint density at radius 2 is 2.16 bits per heavy atom. The Balaban J connectivity index is 2.17. The van der Waals surface area contributed by atoms with Crippen LogP contribution in [-0.2, 0) is 13.5 Å². The molecule has 0 amide bonds. The van der Waals surface area contributed by atoms with Crippen molar-refractivity contribution in [3.05, 3.63) is 47.0 Å². The van der Waals surface area contributed by atoms with E-state index in [1.165, 1.54) is 13.2 Å². The number of halogens is 1. The van der Waals surface area contributed by atoms with Crippen molar-refractivity contribution in [2.24, 2.45) is 7.05 Å². The Morgan fingerprint density at radius 3 is 2.68 bits per heavy atom. The third kappa shape index (κ3) is 2.93. The molecular formula is C14H17FN2O2. The van der Waals surface area contributed by atoms with Gasteiger partial charge in [0.2, 0.25) is 0 Å². The molecule has 0 aliphatic rings. The predicted octanol–water partition coefficient (Wildman–Crippen LogP) is 2.15. The number of ether oxygens (including phenoxy) is 1. The van der Waals surface area contributed by atoms with E-state index in [9.17, 15) is 9.50 Å². The number of aromatic nitrogens is 2. The van der Waals surface area contributed by atoms with Crippen LogP contribution in [0.4, 0.5) is 4.39 Å². The molecule has 0 saturated carbocycles. The van der Waals surface area contributed by atoms with E-state index < -0.39 is 11.9 Å². The molecule has 0 saturated heterocycles. The summed E-state index contributed by atoms with van der Waals surface area (Å²) < 4.78 is 20.1. The van der Waals surface area contributed by atoms with Crippen LogP contribution in [-0.4, -0.2) is 22.0 Å². The summed E-state index contributed by atoms with van der Waals surface area (Å²) in [5, 5.41) is 14.4.